The molecule has 0 saturated heterocycles. The Balaban J connectivity index is 2.88. The Morgan fingerprint density at radius 1 is 1.50 bits per heavy atom. The average Bonchev–Trinajstić information content (AvgIpc) is 2.12. The number of hydrogen-bond acceptors (Lipinski definition) is 2. The fourth-order valence-corrected chi connectivity index (χ4v) is 1.91. The van der Waals surface area contributed by atoms with Crippen LogP contribution in [-0.2, 0) is 9.53 Å². The third-order valence-electron chi connectivity index (χ3n) is 2.99. The molecule has 1 aliphatic carbocycles. The quantitative estimate of drug-likeness (QED) is 0.708. The van der Waals surface area contributed by atoms with Gasteiger partial charge in [0.05, 0.1) is 0 Å². The number of hydrogen-bond donors (Lipinski definition) is 1. The van der Waals surface area contributed by atoms with E-state index in [1.54, 1.807) is 0 Å². The van der Waals surface area contributed by atoms with Gasteiger partial charge in [-0.25, -0.2) is 4.79 Å². The van der Waals surface area contributed by atoms with Gasteiger partial charge in [-0.1, -0.05) is 11.1 Å². The highest BCUT2D eigenvalue weighted by Gasteiger charge is 2.41. The fourth-order valence-electron chi connectivity index (χ4n) is 1.91. The maximum absolute atomic E-state index is 11.2. The molecular weight excluding hydrogens is 180 g/mol. The van der Waals surface area contributed by atoms with E-state index in [-0.39, 0.29) is 0 Å². The summed E-state index contributed by atoms with van der Waals surface area (Å²) in [6, 6.07) is 0. The molecule has 3 nitrogen and oxygen atoms in total. The molecule has 3 heteroatoms. The van der Waals surface area contributed by atoms with Crippen LogP contribution in [0.25, 0.3) is 0 Å². The van der Waals surface area contributed by atoms with Crippen molar-refractivity contribution in [2.75, 3.05) is 6.61 Å². The van der Waals surface area contributed by atoms with Crippen LogP contribution in [0.2, 0.25) is 0 Å². The first-order chi connectivity index (χ1) is 6.52. The SMILES string of the molecule is CCOC1(C(=O)O)CCC(C)=C(C)C1. The molecule has 80 valence electrons. The van der Waals surface area contributed by atoms with Crippen LogP contribution in [0.15, 0.2) is 11.1 Å². The largest absolute Gasteiger partial charge is 0.479 e. The number of allylic oxidation sites excluding steroid dienone is 1. The van der Waals surface area contributed by atoms with Crippen LogP contribution in [0.5, 0.6) is 0 Å². The minimum Gasteiger partial charge on any atom is -0.479 e. The van der Waals surface area contributed by atoms with Gasteiger partial charge in [0.2, 0.25) is 0 Å². The summed E-state index contributed by atoms with van der Waals surface area (Å²) >= 11 is 0. The minimum absolute atomic E-state index is 0.457. The highest BCUT2D eigenvalue weighted by Crippen LogP contribution is 2.35. The molecule has 1 N–H and O–H groups in total. The monoisotopic (exact) mass is 198 g/mol. The van der Waals surface area contributed by atoms with Crippen LogP contribution in [0.4, 0.5) is 0 Å². The van der Waals surface area contributed by atoms with Crippen molar-refractivity contribution in [2.45, 2.75) is 45.6 Å². The van der Waals surface area contributed by atoms with Gasteiger partial charge in [-0.15, -0.1) is 0 Å². The molecule has 0 aromatic rings. The van der Waals surface area contributed by atoms with Crippen molar-refractivity contribution in [1.29, 1.82) is 0 Å². The average molecular weight is 198 g/mol. The Kier molecular flexibility index (Phi) is 3.32. The van der Waals surface area contributed by atoms with Crippen molar-refractivity contribution < 1.29 is 14.6 Å². The van der Waals surface area contributed by atoms with E-state index in [2.05, 4.69) is 6.92 Å². The molecule has 0 aromatic carbocycles. The van der Waals surface area contributed by atoms with Crippen molar-refractivity contribution in [3.63, 3.8) is 0 Å². The normalized spacial score (nSPS) is 27.9. The van der Waals surface area contributed by atoms with E-state index < -0.39 is 11.6 Å². The molecule has 0 heterocycles. The summed E-state index contributed by atoms with van der Waals surface area (Å²) in [6.07, 6.45) is 1.96. The fraction of sp³-hybridized carbons (Fsp3) is 0.727. The molecule has 0 amide bonds. The van der Waals surface area contributed by atoms with Crippen LogP contribution in [0, 0.1) is 0 Å². The van der Waals surface area contributed by atoms with Gasteiger partial charge in [0, 0.05) is 13.0 Å². The molecule has 1 rings (SSSR count). The summed E-state index contributed by atoms with van der Waals surface area (Å²) in [5, 5.41) is 9.18. The van der Waals surface area contributed by atoms with Gasteiger partial charge < -0.3 is 9.84 Å². The topological polar surface area (TPSA) is 46.5 Å². The van der Waals surface area contributed by atoms with E-state index in [1.165, 1.54) is 5.57 Å². The first-order valence-corrected chi connectivity index (χ1v) is 5.04. The highest BCUT2D eigenvalue weighted by molar-refractivity contribution is 5.78. The molecular formula is C11H18O3. The zero-order valence-corrected chi connectivity index (χ0v) is 9.09. The van der Waals surface area contributed by atoms with Gasteiger partial charge in [0.15, 0.2) is 5.60 Å². The lowest BCUT2D eigenvalue weighted by Gasteiger charge is -2.34. The second kappa shape index (κ2) is 4.13. The summed E-state index contributed by atoms with van der Waals surface area (Å²) in [5.74, 6) is -0.828. The van der Waals surface area contributed by atoms with E-state index in [1.807, 2.05) is 13.8 Å². The summed E-state index contributed by atoms with van der Waals surface area (Å²) in [5.41, 5.74) is 1.51. The number of carboxylic acid groups (broad SMARTS) is 1. The lowest BCUT2D eigenvalue weighted by atomic mass is 9.81. The number of carboxylic acids is 1. The van der Waals surface area contributed by atoms with Gasteiger partial charge in [0.1, 0.15) is 0 Å². The van der Waals surface area contributed by atoms with Crippen molar-refractivity contribution in [1.82, 2.24) is 0 Å². The Morgan fingerprint density at radius 3 is 2.57 bits per heavy atom. The summed E-state index contributed by atoms with van der Waals surface area (Å²) in [4.78, 5) is 11.2. The zero-order chi connectivity index (χ0) is 10.8. The van der Waals surface area contributed by atoms with E-state index in [0.29, 0.717) is 19.4 Å². The van der Waals surface area contributed by atoms with Crippen LogP contribution >= 0.6 is 0 Å². The lowest BCUT2D eigenvalue weighted by molar-refractivity contribution is -0.167. The zero-order valence-electron chi connectivity index (χ0n) is 9.09. The molecule has 14 heavy (non-hydrogen) atoms. The molecule has 0 aliphatic heterocycles. The van der Waals surface area contributed by atoms with E-state index in [9.17, 15) is 9.90 Å². The molecule has 0 bridgehead atoms. The molecule has 1 unspecified atom stereocenters. The van der Waals surface area contributed by atoms with E-state index in [0.717, 1.165) is 12.0 Å². The van der Waals surface area contributed by atoms with Gasteiger partial charge >= 0.3 is 5.97 Å². The summed E-state index contributed by atoms with van der Waals surface area (Å²) < 4.78 is 5.42. The number of aliphatic carboxylic acids is 1. The summed E-state index contributed by atoms with van der Waals surface area (Å²) in [7, 11) is 0. The van der Waals surface area contributed by atoms with Gasteiger partial charge in [-0.05, 0) is 33.6 Å². The lowest BCUT2D eigenvalue weighted by Crippen LogP contribution is -2.43. The first-order valence-electron chi connectivity index (χ1n) is 5.04. The van der Waals surface area contributed by atoms with Crippen molar-refractivity contribution in [2.24, 2.45) is 0 Å². The van der Waals surface area contributed by atoms with Crippen LogP contribution in [0.1, 0.15) is 40.0 Å². The van der Waals surface area contributed by atoms with Gasteiger partial charge in [0.25, 0.3) is 0 Å². The van der Waals surface area contributed by atoms with Crippen molar-refractivity contribution >= 4 is 5.97 Å². The molecule has 0 spiro atoms. The van der Waals surface area contributed by atoms with Crippen molar-refractivity contribution in [3.8, 4) is 0 Å². The molecule has 0 saturated carbocycles. The molecule has 0 radical (unpaired) electrons. The molecule has 1 atom stereocenters. The highest BCUT2D eigenvalue weighted by atomic mass is 16.5. The van der Waals surface area contributed by atoms with Gasteiger partial charge in [-0.3, -0.25) is 0 Å². The first kappa shape index (κ1) is 11.2. The standard InChI is InChI=1S/C11H18O3/c1-4-14-11(10(12)13)6-5-8(2)9(3)7-11/h4-7H2,1-3H3,(H,12,13). The number of ether oxygens (including phenoxy) is 1. The smallest absolute Gasteiger partial charge is 0.336 e. The second-order valence-corrected chi connectivity index (χ2v) is 3.97. The van der Waals surface area contributed by atoms with Crippen molar-refractivity contribution in [3.05, 3.63) is 11.1 Å². The molecule has 0 aromatic heterocycles. The van der Waals surface area contributed by atoms with E-state index in [4.69, 9.17) is 4.74 Å². The Bertz CT molecular complexity index is 268. The second-order valence-electron chi connectivity index (χ2n) is 3.97. The third kappa shape index (κ3) is 1.98. The van der Waals surface area contributed by atoms with Crippen LogP contribution < -0.4 is 0 Å². The van der Waals surface area contributed by atoms with Crippen LogP contribution in [0.3, 0.4) is 0 Å². The van der Waals surface area contributed by atoms with Crippen LogP contribution in [-0.4, -0.2) is 23.3 Å². The molecule has 0 fully saturated rings. The minimum atomic E-state index is -0.960. The van der Waals surface area contributed by atoms with E-state index >= 15 is 0 Å². The predicted octanol–water partition coefficient (Wildman–Crippen LogP) is 2.37. The van der Waals surface area contributed by atoms with Gasteiger partial charge in [-0.2, -0.15) is 0 Å². The Morgan fingerprint density at radius 2 is 2.14 bits per heavy atom. The number of rotatable bonds is 3. The maximum Gasteiger partial charge on any atom is 0.336 e. The Hall–Kier alpha value is -0.830. The predicted molar refractivity (Wildman–Crippen MR) is 54.2 cm³/mol. The third-order valence-corrected chi connectivity index (χ3v) is 2.99. The Labute approximate surface area is 84.8 Å². The maximum atomic E-state index is 11.2. The number of carbonyl (C=O) groups is 1. The molecule has 1 aliphatic rings. The summed E-state index contributed by atoms with van der Waals surface area (Å²) in [6.45, 7) is 6.35.